The first-order valence-corrected chi connectivity index (χ1v) is 11.8. The molecule has 0 amide bonds. The monoisotopic (exact) mass is 453 g/mol. The van der Waals surface area contributed by atoms with Crippen LogP contribution in [0.2, 0.25) is 0 Å². The number of rotatable bonds is 4. The highest BCUT2D eigenvalue weighted by atomic mass is 15.1. The van der Waals surface area contributed by atoms with Gasteiger partial charge in [0.05, 0.1) is 12.3 Å². The first-order chi connectivity index (χ1) is 17.0. The molecule has 5 aromatic rings. The van der Waals surface area contributed by atoms with Gasteiger partial charge in [-0.2, -0.15) is 0 Å². The van der Waals surface area contributed by atoms with E-state index in [2.05, 4.69) is 90.8 Å². The van der Waals surface area contributed by atoms with Crippen LogP contribution in [0.4, 0.5) is 5.69 Å². The highest BCUT2D eigenvalue weighted by Gasteiger charge is 2.23. The largest absolute Gasteiger partial charge is 0.299 e. The molecule has 0 aliphatic heterocycles. The van der Waals surface area contributed by atoms with Gasteiger partial charge in [0.15, 0.2) is 5.69 Å². The van der Waals surface area contributed by atoms with E-state index in [1.54, 1.807) is 0 Å². The Morgan fingerprint density at radius 3 is 1.83 bits per heavy atom. The molecule has 0 atom stereocenters. The van der Waals surface area contributed by atoms with Crippen LogP contribution < -0.4 is 0 Å². The fraction of sp³-hybridized carbons (Fsp3) is 0.125. The zero-order valence-electron chi connectivity index (χ0n) is 20.2. The summed E-state index contributed by atoms with van der Waals surface area (Å²) in [4.78, 5) is 8.36. The molecule has 3 nitrogen and oxygen atoms in total. The molecule has 0 aliphatic rings. The molecule has 0 radical (unpaired) electrons. The summed E-state index contributed by atoms with van der Waals surface area (Å²) in [5.41, 5.74) is 8.46. The SMILES string of the molecule is [C-]#[N+]c1cccc(-c2nccn2-c2c(-c3ccccc3)cc(C(C)(C)C)cc2-c2ccccc2)c1. The second kappa shape index (κ2) is 9.08. The lowest BCUT2D eigenvalue weighted by Gasteiger charge is -2.25. The van der Waals surface area contributed by atoms with Crippen LogP contribution in [0.3, 0.4) is 0 Å². The summed E-state index contributed by atoms with van der Waals surface area (Å²) in [6.45, 7) is 14.2. The molecule has 35 heavy (non-hydrogen) atoms. The molecule has 0 aliphatic carbocycles. The van der Waals surface area contributed by atoms with Crippen molar-refractivity contribution in [3.63, 3.8) is 0 Å². The minimum atomic E-state index is -0.0205. The maximum atomic E-state index is 7.46. The molecule has 0 fully saturated rings. The molecule has 0 spiro atoms. The number of hydrogen-bond donors (Lipinski definition) is 0. The van der Waals surface area contributed by atoms with Crippen molar-refractivity contribution in [2.45, 2.75) is 26.2 Å². The molecule has 0 N–H and O–H groups in total. The summed E-state index contributed by atoms with van der Waals surface area (Å²) in [6.07, 6.45) is 3.85. The first kappa shape index (κ1) is 22.4. The second-order valence-electron chi connectivity index (χ2n) is 9.69. The minimum absolute atomic E-state index is 0.0205. The molecule has 0 bridgehead atoms. The number of hydrogen-bond acceptors (Lipinski definition) is 1. The van der Waals surface area contributed by atoms with E-state index in [9.17, 15) is 0 Å². The van der Waals surface area contributed by atoms with Gasteiger partial charge in [-0.05, 0) is 40.3 Å². The molecule has 1 aromatic heterocycles. The van der Waals surface area contributed by atoms with Crippen LogP contribution in [0.25, 0.3) is 44.2 Å². The number of nitrogens with zero attached hydrogens (tertiary/aromatic N) is 3. The fourth-order valence-corrected chi connectivity index (χ4v) is 4.41. The van der Waals surface area contributed by atoms with Gasteiger partial charge >= 0.3 is 0 Å². The van der Waals surface area contributed by atoms with Crippen LogP contribution in [0.5, 0.6) is 0 Å². The topological polar surface area (TPSA) is 22.2 Å². The van der Waals surface area contributed by atoms with Crippen LogP contribution in [-0.4, -0.2) is 9.55 Å². The smallest absolute Gasteiger partial charge is 0.187 e. The second-order valence-corrected chi connectivity index (χ2v) is 9.69. The van der Waals surface area contributed by atoms with E-state index in [-0.39, 0.29) is 5.41 Å². The Morgan fingerprint density at radius 2 is 1.29 bits per heavy atom. The van der Waals surface area contributed by atoms with Gasteiger partial charge in [0.1, 0.15) is 5.82 Å². The Morgan fingerprint density at radius 1 is 0.714 bits per heavy atom. The predicted octanol–water partition coefficient (Wildman–Crippen LogP) is 8.72. The first-order valence-electron chi connectivity index (χ1n) is 11.8. The minimum Gasteiger partial charge on any atom is -0.299 e. The van der Waals surface area contributed by atoms with E-state index in [0.717, 1.165) is 39.3 Å². The quantitative estimate of drug-likeness (QED) is 0.249. The maximum absolute atomic E-state index is 7.46. The third-order valence-electron chi connectivity index (χ3n) is 6.26. The van der Waals surface area contributed by atoms with Gasteiger partial charge in [-0.3, -0.25) is 4.57 Å². The molecule has 170 valence electrons. The third kappa shape index (κ3) is 4.39. The van der Waals surface area contributed by atoms with Crippen molar-refractivity contribution in [2.24, 2.45) is 0 Å². The Labute approximate surface area is 207 Å². The summed E-state index contributed by atoms with van der Waals surface area (Å²) in [7, 11) is 0. The van der Waals surface area contributed by atoms with E-state index in [1.165, 1.54) is 5.56 Å². The van der Waals surface area contributed by atoms with E-state index in [0.29, 0.717) is 5.69 Å². The number of aromatic nitrogens is 2. The van der Waals surface area contributed by atoms with Crippen molar-refractivity contribution in [1.29, 1.82) is 0 Å². The van der Waals surface area contributed by atoms with Crippen LogP contribution in [0.15, 0.2) is 109 Å². The van der Waals surface area contributed by atoms with E-state index < -0.39 is 0 Å². The predicted molar refractivity (Wildman–Crippen MR) is 145 cm³/mol. The van der Waals surface area contributed by atoms with Crippen molar-refractivity contribution >= 4 is 5.69 Å². The standard InChI is InChI=1S/C32H27N3/c1-32(2,3)26-21-28(23-12-7-5-8-13-23)30(29(22-26)24-14-9-6-10-15-24)35-19-18-34-31(35)25-16-11-17-27(20-25)33-4/h5-22H,1-3H3. The van der Waals surface area contributed by atoms with Crippen LogP contribution in [0, 0.1) is 6.57 Å². The number of benzene rings is 4. The highest BCUT2D eigenvalue weighted by Crippen LogP contribution is 2.41. The summed E-state index contributed by atoms with van der Waals surface area (Å²) in [6, 6.07) is 33.4. The molecule has 0 unspecified atom stereocenters. The van der Waals surface area contributed by atoms with Gasteiger partial charge in [0.25, 0.3) is 0 Å². The third-order valence-corrected chi connectivity index (χ3v) is 6.26. The van der Waals surface area contributed by atoms with Crippen molar-refractivity contribution in [2.75, 3.05) is 0 Å². The van der Waals surface area contributed by atoms with E-state index in [4.69, 9.17) is 11.6 Å². The molecule has 0 saturated heterocycles. The molecular formula is C32H27N3. The zero-order chi connectivity index (χ0) is 24.4. The Kier molecular flexibility index (Phi) is 5.81. The summed E-state index contributed by atoms with van der Waals surface area (Å²) in [5.74, 6) is 0.813. The van der Waals surface area contributed by atoms with Gasteiger partial charge in [-0.25, -0.2) is 9.83 Å². The average molecular weight is 454 g/mol. The Hall–Kier alpha value is -4.42. The molecule has 4 aromatic carbocycles. The molecule has 5 rings (SSSR count). The van der Waals surface area contributed by atoms with Gasteiger partial charge in [-0.15, -0.1) is 0 Å². The van der Waals surface area contributed by atoms with Gasteiger partial charge in [-0.1, -0.05) is 99.6 Å². The molecule has 0 saturated carbocycles. The zero-order valence-corrected chi connectivity index (χ0v) is 20.2. The average Bonchev–Trinajstić information content (AvgIpc) is 3.38. The Balaban J connectivity index is 1.88. The van der Waals surface area contributed by atoms with E-state index >= 15 is 0 Å². The molecular weight excluding hydrogens is 426 g/mol. The van der Waals surface area contributed by atoms with Gasteiger partial charge in [0.2, 0.25) is 0 Å². The van der Waals surface area contributed by atoms with Crippen LogP contribution >= 0.6 is 0 Å². The summed E-state index contributed by atoms with van der Waals surface area (Å²) in [5, 5.41) is 0. The van der Waals surface area contributed by atoms with Crippen molar-refractivity contribution < 1.29 is 0 Å². The van der Waals surface area contributed by atoms with Crippen LogP contribution in [-0.2, 0) is 5.41 Å². The summed E-state index contributed by atoms with van der Waals surface area (Å²) >= 11 is 0. The van der Waals surface area contributed by atoms with Crippen molar-refractivity contribution in [1.82, 2.24) is 9.55 Å². The van der Waals surface area contributed by atoms with Gasteiger partial charge < -0.3 is 0 Å². The fourth-order valence-electron chi connectivity index (χ4n) is 4.41. The van der Waals surface area contributed by atoms with Crippen molar-refractivity contribution in [3.8, 4) is 39.3 Å². The van der Waals surface area contributed by atoms with E-state index in [1.807, 2.05) is 48.8 Å². The van der Waals surface area contributed by atoms with Crippen LogP contribution in [0.1, 0.15) is 26.3 Å². The lowest BCUT2D eigenvalue weighted by Crippen LogP contribution is -2.13. The summed E-state index contributed by atoms with van der Waals surface area (Å²) < 4.78 is 2.17. The lowest BCUT2D eigenvalue weighted by atomic mass is 9.82. The number of imidazole rings is 1. The Bertz CT molecular complexity index is 1450. The lowest BCUT2D eigenvalue weighted by molar-refractivity contribution is 0.590. The van der Waals surface area contributed by atoms with Gasteiger partial charge in [0, 0.05) is 29.1 Å². The maximum Gasteiger partial charge on any atom is 0.187 e. The molecule has 3 heteroatoms. The highest BCUT2D eigenvalue weighted by molar-refractivity contribution is 5.87. The molecule has 1 heterocycles. The van der Waals surface area contributed by atoms with Crippen molar-refractivity contribution in [3.05, 3.63) is 126 Å². The normalized spacial score (nSPS) is 11.3.